The van der Waals surface area contributed by atoms with Crippen LogP contribution in [0.3, 0.4) is 0 Å². The van der Waals surface area contributed by atoms with E-state index in [0.29, 0.717) is 17.5 Å². The molecule has 0 unspecified atom stereocenters. The molecule has 0 spiro atoms. The molecule has 2 heterocycles. The Labute approximate surface area is 284 Å². The van der Waals surface area contributed by atoms with Gasteiger partial charge in [0.1, 0.15) is 11.2 Å². The Morgan fingerprint density at radius 3 is 1.49 bits per heavy atom. The fourth-order valence-corrected chi connectivity index (χ4v) is 6.50. The van der Waals surface area contributed by atoms with Crippen LogP contribution in [0.2, 0.25) is 0 Å². The number of para-hydroxylation sites is 1. The molecular weight excluding hydrogens is 599 g/mol. The molecule has 0 bridgehead atoms. The first-order valence-corrected chi connectivity index (χ1v) is 16.4. The second kappa shape index (κ2) is 12.2. The van der Waals surface area contributed by atoms with Crippen LogP contribution >= 0.6 is 0 Å². The van der Waals surface area contributed by atoms with Crippen molar-refractivity contribution in [1.82, 2.24) is 15.0 Å². The molecule has 0 N–H and O–H groups in total. The maximum atomic E-state index is 6.13. The molecule has 7 aromatic carbocycles. The summed E-state index contributed by atoms with van der Waals surface area (Å²) in [4.78, 5) is 14.9. The van der Waals surface area contributed by atoms with Crippen molar-refractivity contribution in [2.75, 3.05) is 0 Å². The Morgan fingerprint density at radius 1 is 0.286 bits per heavy atom. The normalized spacial score (nSPS) is 11.3. The molecule has 0 saturated heterocycles. The minimum atomic E-state index is 0.629. The molecule has 0 atom stereocenters. The fraction of sp³-hybridized carbons (Fsp3) is 0. The summed E-state index contributed by atoms with van der Waals surface area (Å²) in [6, 6.07) is 60.6. The van der Waals surface area contributed by atoms with Crippen LogP contribution in [-0.4, -0.2) is 15.0 Å². The van der Waals surface area contributed by atoms with Crippen LogP contribution in [0.5, 0.6) is 0 Å². The standard InChI is InChI=1S/C45H29N3O/c1-4-13-30(14-5-1)37-25-23-33(34-24-26-42-40(29-34)38-21-10-11-22-41(38)49-42)28-39(37)35-19-12-20-36(27-35)45-47-43(31-15-6-2-7-16-31)46-44(48-45)32-17-8-3-9-18-32/h1-29H. The zero-order valence-electron chi connectivity index (χ0n) is 26.5. The van der Waals surface area contributed by atoms with Gasteiger partial charge in [-0.25, -0.2) is 15.0 Å². The van der Waals surface area contributed by atoms with Gasteiger partial charge >= 0.3 is 0 Å². The van der Waals surface area contributed by atoms with Gasteiger partial charge in [-0.2, -0.15) is 0 Å². The summed E-state index contributed by atoms with van der Waals surface area (Å²) >= 11 is 0. The highest BCUT2D eigenvalue weighted by Gasteiger charge is 2.16. The first-order chi connectivity index (χ1) is 24.3. The Hall–Kier alpha value is -6.65. The van der Waals surface area contributed by atoms with E-state index in [-0.39, 0.29) is 0 Å². The molecule has 9 aromatic rings. The Kier molecular flexibility index (Phi) is 7.10. The summed E-state index contributed by atoms with van der Waals surface area (Å²) in [5.41, 5.74) is 11.4. The first kappa shape index (κ1) is 28.6. The molecule has 2 aromatic heterocycles. The number of benzene rings is 7. The van der Waals surface area contributed by atoms with E-state index in [0.717, 1.165) is 72.0 Å². The van der Waals surface area contributed by atoms with Crippen molar-refractivity contribution >= 4 is 21.9 Å². The molecule has 49 heavy (non-hydrogen) atoms. The van der Waals surface area contributed by atoms with Gasteiger partial charge in [0.15, 0.2) is 17.5 Å². The van der Waals surface area contributed by atoms with E-state index in [1.54, 1.807) is 0 Å². The third-order valence-electron chi connectivity index (χ3n) is 8.95. The third kappa shape index (κ3) is 5.45. The van der Waals surface area contributed by atoms with Gasteiger partial charge in [-0.1, -0.05) is 146 Å². The second-order valence-electron chi connectivity index (χ2n) is 12.1. The van der Waals surface area contributed by atoms with Gasteiger partial charge in [-0.05, 0) is 63.7 Å². The maximum absolute atomic E-state index is 6.13. The summed E-state index contributed by atoms with van der Waals surface area (Å²) in [5.74, 6) is 1.91. The van der Waals surface area contributed by atoms with E-state index in [1.165, 1.54) is 0 Å². The number of hydrogen-bond acceptors (Lipinski definition) is 4. The van der Waals surface area contributed by atoms with Gasteiger partial charge in [0.25, 0.3) is 0 Å². The lowest BCUT2D eigenvalue weighted by molar-refractivity contribution is 0.669. The molecule has 0 saturated carbocycles. The minimum Gasteiger partial charge on any atom is -0.456 e. The summed E-state index contributed by atoms with van der Waals surface area (Å²) in [7, 11) is 0. The van der Waals surface area contributed by atoms with Crippen LogP contribution in [0.25, 0.3) is 89.5 Å². The Morgan fingerprint density at radius 2 is 0.796 bits per heavy atom. The molecule has 230 valence electrons. The average Bonchev–Trinajstić information content (AvgIpc) is 3.57. The maximum Gasteiger partial charge on any atom is 0.164 e. The van der Waals surface area contributed by atoms with Crippen molar-refractivity contribution in [2.24, 2.45) is 0 Å². The van der Waals surface area contributed by atoms with Crippen molar-refractivity contribution in [3.8, 4) is 67.5 Å². The van der Waals surface area contributed by atoms with Crippen LogP contribution in [0.1, 0.15) is 0 Å². The zero-order valence-corrected chi connectivity index (χ0v) is 26.5. The lowest BCUT2D eigenvalue weighted by atomic mass is 9.90. The van der Waals surface area contributed by atoms with Crippen molar-refractivity contribution < 1.29 is 4.42 Å². The molecule has 9 rings (SSSR count). The molecular formula is C45H29N3O. The SMILES string of the molecule is c1ccc(-c2nc(-c3ccccc3)nc(-c3cccc(-c4cc(-c5ccc6oc7ccccc7c6c5)ccc4-c4ccccc4)c3)n2)cc1. The van der Waals surface area contributed by atoms with Gasteiger partial charge < -0.3 is 4.42 Å². The highest BCUT2D eigenvalue weighted by molar-refractivity contribution is 6.06. The van der Waals surface area contributed by atoms with E-state index >= 15 is 0 Å². The topological polar surface area (TPSA) is 51.8 Å². The molecule has 0 fully saturated rings. The third-order valence-corrected chi connectivity index (χ3v) is 8.95. The Balaban J connectivity index is 1.20. The molecule has 0 amide bonds. The predicted octanol–water partition coefficient (Wildman–Crippen LogP) is 11.8. The van der Waals surface area contributed by atoms with Crippen LogP contribution in [0, 0.1) is 0 Å². The smallest absolute Gasteiger partial charge is 0.164 e. The molecule has 4 nitrogen and oxygen atoms in total. The molecule has 0 aliphatic rings. The monoisotopic (exact) mass is 627 g/mol. The van der Waals surface area contributed by atoms with E-state index in [1.807, 2.05) is 72.8 Å². The van der Waals surface area contributed by atoms with E-state index < -0.39 is 0 Å². The lowest BCUT2D eigenvalue weighted by Crippen LogP contribution is -2.00. The Bertz CT molecular complexity index is 2540. The van der Waals surface area contributed by atoms with Crippen molar-refractivity contribution in [3.63, 3.8) is 0 Å². The highest BCUT2D eigenvalue weighted by atomic mass is 16.3. The highest BCUT2D eigenvalue weighted by Crippen LogP contribution is 2.39. The van der Waals surface area contributed by atoms with E-state index in [4.69, 9.17) is 19.4 Å². The van der Waals surface area contributed by atoms with Gasteiger partial charge in [-0.3, -0.25) is 0 Å². The van der Waals surface area contributed by atoms with Crippen molar-refractivity contribution in [1.29, 1.82) is 0 Å². The summed E-state index contributed by atoms with van der Waals surface area (Å²) in [6.45, 7) is 0. The average molecular weight is 628 g/mol. The zero-order chi connectivity index (χ0) is 32.6. The van der Waals surface area contributed by atoms with Crippen LogP contribution in [0.4, 0.5) is 0 Å². The number of hydrogen-bond donors (Lipinski definition) is 0. The largest absolute Gasteiger partial charge is 0.456 e. The number of nitrogens with zero attached hydrogens (tertiary/aromatic N) is 3. The number of aromatic nitrogens is 3. The number of furan rings is 1. The fourth-order valence-electron chi connectivity index (χ4n) is 6.50. The summed E-state index contributed by atoms with van der Waals surface area (Å²) in [6.07, 6.45) is 0. The van der Waals surface area contributed by atoms with Crippen LogP contribution in [-0.2, 0) is 0 Å². The predicted molar refractivity (Wildman–Crippen MR) is 200 cm³/mol. The molecule has 4 heteroatoms. The van der Waals surface area contributed by atoms with Gasteiger partial charge in [0.2, 0.25) is 0 Å². The van der Waals surface area contributed by atoms with Crippen molar-refractivity contribution in [3.05, 3.63) is 176 Å². The summed E-state index contributed by atoms with van der Waals surface area (Å²) < 4.78 is 6.13. The van der Waals surface area contributed by atoms with Crippen molar-refractivity contribution in [2.45, 2.75) is 0 Å². The van der Waals surface area contributed by atoms with Gasteiger partial charge in [0, 0.05) is 27.5 Å². The quantitative estimate of drug-likeness (QED) is 0.184. The van der Waals surface area contributed by atoms with E-state index in [9.17, 15) is 0 Å². The van der Waals surface area contributed by atoms with Gasteiger partial charge in [-0.15, -0.1) is 0 Å². The minimum absolute atomic E-state index is 0.629. The molecule has 0 aliphatic heterocycles. The van der Waals surface area contributed by atoms with Crippen LogP contribution in [0.15, 0.2) is 180 Å². The van der Waals surface area contributed by atoms with E-state index in [2.05, 4.69) is 103 Å². The van der Waals surface area contributed by atoms with Gasteiger partial charge in [0.05, 0.1) is 0 Å². The second-order valence-corrected chi connectivity index (χ2v) is 12.1. The number of fused-ring (bicyclic) bond motifs is 3. The lowest BCUT2D eigenvalue weighted by Gasteiger charge is -2.14. The molecule has 0 aliphatic carbocycles. The number of rotatable bonds is 6. The molecule has 0 radical (unpaired) electrons. The van der Waals surface area contributed by atoms with Crippen LogP contribution < -0.4 is 0 Å². The summed E-state index contributed by atoms with van der Waals surface area (Å²) in [5, 5.41) is 2.23. The first-order valence-electron chi connectivity index (χ1n) is 16.4.